The largest absolute Gasteiger partial charge is 0.478 e. The van der Waals surface area contributed by atoms with E-state index in [1.54, 1.807) is 18.3 Å². The average Bonchev–Trinajstić information content (AvgIpc) is 3.23. The molecule has 3 heterocycles. The van der Waals surface area contributed by atoms with Crippen LogP contribution in [-0.2, 0) is 4.79 Å². The van der Waals surface area contributed by atoms with Gasteiger partial charge in [0.1, 0.15) is 17.3 Å². The fourth-order valence-electron chi connectivity index (χ4n) is 2.74. The van der Waals surface area contributed by atoms with Crippen LogP contribution in [0.15, 0.2) is 40.9 Å². The van der Waals surface area contributed by atoms with Gasteiger partial charge in [-0.05, 0) is 30.3 Å². The number of aromatic amines is 1. The van der Waals surface area contributed by atoms with Gasteiger partial charge in [-0.15, -0.1) is 11.8 Å². The van der Waals surface area contributed by atoms with Crippen LogP contribution in [0.2, 0.25) is 5.02 Å². The van der Waals surface area contributed by atoms with Gasteiger partial charge in [-0.25, -0.2) is 4.79 Å². The smallest absolute Gasteiger partial charge is 0.335 e. The molecular formula is C17H12ClN3O4S. The number of aromatic nitrogens is 2. The average molecular weight is 390 g/mol. The molecule has 0 fully saturated rings. The third-order valence-electron chi connectivity index (χ3n) is 3.96. The molecule has 1 atom stereocenters. The van der Waals surface area contributed by atoms with Crippen molar-refractivity contribution in [1.82, 2.24) is 10.2 Å². The fourth-order valence-corrected chi connectivity index (χ4v) is 3.99. The molecule has 1 aliphatic rings. The van der Waals surface area contributed by atoms with Crippen molar-refractivity contribution in [2.75, 3.05) is 11.1 Å². The zero-order valence-electron chi connectivity index (χ0n) is 13.2. The minimum atomic E-state index is -1.04. The van der Waals surface area contributed by atoms with Gasteiger partial charge in [0, 0.05) is 11.1 Å². The Morgan fingerprint density at radius 3 is 3.00 bits per heavy atom. The number of halogens is 1. The number of benzene rings is 1. The number of nitrogens with one attached hydrogen (secondary N) is 2. The van der Waals surface area contributed by atoms with E-state index in [1.165, 1.54) is 30.0 Å². The number of hydrogen-bond donors (Lipinski definition) is 3. The van der Waals surface area contributed by atoms with Crippen molar-refractivity contribution >= 4 is 41.1 Å². The number of H-pyrrole nitrogens is 1. The molecule has 0 bridgehead atoms. The van der Waals surface area contributed by atoms with Crippen molar-refractivity contribution in [1.29, 1.82) is 0 Å². The van der Waals surface area contributed by atoms with Crippen molar-refractivity contribution in [3.8, 4) is 11.3 Å². The van der Waals surface area contributed by atoms with Gasteiger partial charge in [0.25, 0.3) is 0 Å². The highest BCUT2D eigenvalue weighted by Gasteiger charge is 2.28. The third kappa shape index (κ3) is 2.97. The first-order chi connectivity index (χ1) is 12.5. The summed E-state index contributed by atoms with van der Waals surface area (Å²) < 4.78 is 5.96. The molecular weight excluding hydrogens is 378 g/mol. The van der Waals surface area contributed by atoms with Crippen LogP contribution in [-0.4, -0.2) is 32.9 Å². The highest BCUT2D eigenvalue weighted by Crippen LogP contribution is 2.42. The number of hydrogen-bond acceptors (Lipinski definition) is 5. The molecule has 7 nitrogen and oxygen atoms in total. The Morgan fingerprint density at radius 2 is 2.19 bits per heavy atom. The SMILES string of the molecule is O=C1CS[C@H](c2ccc(-c3cc(C(=O)O)ccc3Cl)o2)c2cn[nH]c2N1. The molecule has 0 spiro atoms. The molecule has 26 heavy (non-hydrogen) atoms. The minimum Gasteiger partial charge on any atom is -0.478 e. The summed E-state index contributed by atoms with van der Waals surface area (Å²) >= 11 is 7.63. The quantitative estimate of drug-likeness (QED) is 0.628. The van der Waals surface area contributed by atoms with E-state index in [9.17, 15) is 14.7 Å². The Labute approximate surface area is 156 Å². The number of fused-ring (bicyclic) bond motifs is 1. The van der Waals surface area contributed by atoms with Crippen LogP contribution in [0.1, 0.15) is 26.9 Å². The van der Waals surface area contributed by atoms with Crippen molar-refractivity contribution in [2.24, 2.45) is 0 Å². The molecule has 1 aromatic carbocycles. The van der Waals surface area contributed by atoms with E-state index in [4.69, 9.17) is 16.0 Å². The molecule has 4 rings (SSSR count). The summed E-state index contributed by atoms with van der Waals surface area (Å²) in [5.74, 6) is 0.754. The lowest BCUT2D eigenvalue weighted by Gasteiger charge is -2.10. The minimum absolute atomic E-state index is 0.119. The molecule has 2 aromatic heterocycles. The topological polar surface area (TPSA) is 108 Å². The summed E-state index contributed by atoms with van der Waals surface area (Å²) in [6.07, 6.45) is 1.65. The molecule has 1 amide bonds. The maximum absolute atomic E-state index is 11.8. The molecule has 1 aliphatic heterocycles. The molecule has 0 unspecified atom stereocenters. The van der Waals surface area contributed by atoms with E-state index in [-0.39, 0.29) is 22.5 Å². The number of aromatic carboxylic acids is 1. The van der Waals surface area contributed by atoms with E-state index < -0.39 is 5.97 Å². The summed E-state index contributed by atoms with van der Waals surface area (Å²) in [6.45, 7) is 0. The molecule has 0 saturated heterocycles. The molecule has 0 saturated carbocycles. The number of furan rings is 1. The van der Waals surface area contributed by atoms with E-state index in [0.717, 1.165) is 5.56 Å². The second-order valence-electron chi connectivity index (χ2n) is 5.64. The lowest BCUT2D eigenvalue weighted by Crippen LogP contribution is -2.12. The van der Waals surface area contributed by atoms with Gasteiger partial charge in [-0.2, -0.15) is 5.10 Å². The summed E-state index contributed by atoms with van der Waals surface area (Å²) in [5.41, 5.74) is 1.43. The van der Waals surface area contributed by atoms with Gasteiger partial charge in [-0.3, -0.25) is 9.89 Å². The van der Waals surface area contributed by atoms with Gasteiger partial charge in [0.05, 0.1) is 27.8 Å². The number of carbonyl (C=O) groups excluding carboxylic acids is 1. The van der Waals surface area contributed by atoms with Crippen LogP contribution in [0.25, 0.3) is 11.3 Å². The van der Waals surface area contributed by atoms with E-state index in [0.29, 0.717) is 27.9 Å². The Balaban J connectivity index is 1.73. The molecule has 0 radical (unpaired) electrons. The zero-order chi connectivity index (χ0) is 18.3. The molecule has 132 valence electrons. The number of rotatable bonds is 3. The number of nitrogens with zero attached hydrogens (tertiary/aromatic N) is 1. The monoisotopic (exact) mass is 389 g/mol. The first kappa shape index (κ1) is 16.7. The van der Waals surface area contributed by atoms with Gasteiger partial charge in [0.2, 0.25) is 5.91 Å². The highest BCUT2D eigenvalue weighted by molar-refractivity contribution is 8.00. The molecule has 3 N–H and O–H groups in total. The lowest BCUT2D eigenvalue weighted by atomic mass is 10.1. The van der Waals surface area contributed by atoms with Crippen molar-refractivity contribution in [3.63, 3.8) is 0 Å². The second kappa shape index (κ2) is 6.54. The van der Waals surface area contributed by atoms with Crippen LogP contribution in [0.4, 0.5) is 5.82 Å². The Hall–Kier alpha value is -2.71. The Morgan fingerprint density at radius 1 is 1.35 bits per heavy atom. The van der Waals surface area contributed by atoms with Crippen molar-refractivity contribution in [3.05, 3.63) is 58.4 Å². The summed E-state index contributed by atoms with van der Waals surface area (Å²) in [5, 5.41) is 18.9. The number of anilines is 1. The van der Waals surface area contributed by atoms with Crippen molar-refractivity contribution < 1.29 is 19.1 Å². The third-order valence-corrected chi connectivity index (χ3v) is 5.54. The summed E-state index contributed by atoms with van der Waals surface area (Å²) in [7, 11) is 0. The summed E-state index contributed by atoms with van der Waals surface area (Å²) in [4.78, 5) is 23.0. The predicted molar refractivity (Wildman–Crippen MR) is 97.6 cm³/mol. The van der Waals surface area contributed by atoms with Gasteiger partial charge < -0.3 is 14.8 Å². The molecule has 0 aliphatic carbocycles. The number of amides is 1. The Bertz CT molecular complexity index is 1010. The molecule has 9 heteroatoms. The second-order valence-corrected chi connectivity index (χ2v) is 7.14. The predicted octanol–water partition coefficient (Wildman–Crippen LogP) is 3.80. The molecule has 3 aromatic rings. The highest BCUT2D eigenvalue weighted by atomic mass is 35.5. The van der Waals surface area contributed by atoms with Gasteiger partial charge in [-0.1, -0.05) is 11.6 Å². The number of carboxylic acids is 1. The first-order valence-electron chi connectivity index (χ1n) is 7.60. The van der Waals surface area contributed by atoms with Crippen LogP contribution in [0, 0.1) is 0 Å². The number of carbonyl (C=O) groups is 2. The van der Waals surface area contributed by atoms with E-state index in [1.807, 2.05) is 0 Å². The standard InChI is InChI=1S/C17H12ClN3O4S/c18-11-2-1-8(17(23)24)5-9(11)12-3-4-13(25-12)15-10-6-19-21-16(10)20-14(22)7-26-15/h1-6,15H,7H2,(H,23,24)(H2,19,20,21,22)/t15-/m0/s1. The van der Waals surface area contributed by atoms with Crippen LogP contribution >= 0.6 is 23.4 Å². The normalized spacial score (nSPS) is 16.7. The summed E-state index contributed by atoms with van der Waals surface area (Å²) in [6, 6.07) is 7.97. The maximum Gasteiger partial charge on any atom is 0.335 e. The number of thioether (sulfide) groups is 1. The van der Waals surface area contributed by atoms with Crippen molar-refractivity contribution in [2.45, 2.75) is 5.25 Å². The Kier molecular flexibility index (Phi) is 4.21. The van der Waals surface area contributed by atoms with Crippen LogP contribution in [0.5, 0.6) is 0 Å². The maximum atomic E-state index is 11.8. The number of carboxylic acid groups (broad SMARTS) is 1. The van der Waals surface area contributed by atoms with Crippen LogP contribution < -0.4 is 5.32 Å². The van der Waals surface area contributed by atoms with E-state index >= 15 is 0 Å². The lowest BCUT2D eigenvalue weighted by molar-refractivity contribution is -0.113. The first-order valence-corrected chi connectivity index (χ1v) is 9.03. The zero-order valence-corrected chi connectivity index (χ0v) is 14.7. The van der Waals surface area contributed by atoms with Gasteiger partial charge in [0.15, 0.2) is 0 Å². The van der Waals surface area contributed by atoms with Crippen LogP contribution in [0.3, 0.4) is 0 Å². The van der Waals surface area contributed by atoms with E-state index in [2.05, 4.69) is 15.5 Å². The van der Waals surface area contributed by atoms with Gasteiger partial charge >= 0.3 is 5.97 Å². The fraction of sp³-hybridized carbons (Fsp3) is 0.118.